The summed E-state index contributed by atoms with van der Waals surface area (Å²) in [7, 11) is 0. The zero-order valence-electron chi connectivity index (χ0n) is 6.46. The van der Waals surface area contributed by atoms with Crippen molar-refractivity contribution >= 4 is 21.6 Å². The van der Waals surface area contributed by atoms with Gasteiger partial charge in [0.1, 0.15) is 4.83 Å². The molecule has 0 radical (unpaired) electrons. The van der Waals surface area contributed by atoms with Crippen LogP contribution in [-0.4, -0.2) is 15.1 Å². The van der Waals surface area contributed by atoms with E-state index in [9.17, 15) is 9.59 Å². The molecule has 0 saturated carbocycles. The average molecular weight is 198 g/mol. The van der Waals surface area contributed by atoms with E-state index in [0.29, 0.717) is 15.1 Å². The number of thiophene rings is 1. The molecule has 2 aromatic heterocycles. The molecule has 2 aromatic rings. The van der Waals surface area contributed by atoms with Crippen LogP contribution < -0.4 is 11.2 Å². The summed E-state index contributed by atoms with van der Waals surface area (Å²) in [4.78, 5) is 27.8. The van der Waals surface area contributed by atoms with Gasteiger partial charge in [0, 0.05) is 4.88 Å². The molecular formula is C7H6N2O3S. The Hall–Kier alpha value is -1.40. The van der Waals surface area contributed by atoms with E-state index in [2.05, 4.69) is 9.97 Å². The lowest BCUT2D eigenvalue weighted by atomic mass is 10.4. The van der Waals surface area contributed by atoms with Crippen molar-refractivity contribution in [1.29, 1.82) is 0 Å². The van der Waals surface area contributed by atoms with Gasteiger partial charge in [0.05, 0.1) is 12.0 Å². The van der Waals surface area contributed by atoms with Crippen molar-refractivity contribution in [2.75, 3.05) is 0 Å². The van der Waals surface area contributed by atoms with Crippen molar-refractivity contribution in [2.45, 2.75) is 6.61 Å². The van der Waals surface area contributed by atoms with E-state index in [-0.39, 0.29) is 6.61 Å². The molecular weight excluding hydrogens is 192 g/mol. The molecule has 2 heterocycles. The lowest BCUT2D eigenvalue weighted by molar-refractivity contribution is 0.285. The van der Waals surface area contributed by atoms with Gasteiger partial charge in [0.2, 0.25) is 0 Å². The second kappa shape index (κ2) is 2.82. The molecule has 0 spiro atoms. The first-order chi connectivity index (χ1) is 6.20. The van der Waals surface area contributed by atoms with Gasteiger partial charge >= 0.3 is 5.69 Å². The third kappa shape index (κ3) is 1.30. The van der Waals surface area contributed by atoms with Crippen LogP contribution in [0, 0.1) is 0 Å². The zero-order chi connectivity index (χ0) is 9.42. The highest BCUT2D eigenvalue weighted by atomic mass is 32.1. The zero-order valence-corrected chi connectivity index (χ0v) is 7.27. The van der Waals surface area contributed by atoms with Gasteiger partial charge in [-0.3, -0.25) is 14.8 Å². The smallest absolute Gasteiger partial charge is 0.326 e. The van der Waals surface area contributed by atoms with E-state index in [4.69, 9.17) is 5.11 Å². The van der Waals surface area contributed by atoms with E-state index >= 15 is 0 Å². The molecule has 0 atom stereocenters. The highest BCUT2D eigenvalue weighted by Crippen LogP contribution is 2.19. The van der Waals surface area contributed by atoms with Crippen molar-refractivity contribution in [3.8, 4) is 0 Å². The van der Waals surface area contributed by atoms with Crippen LogP contribution >= 0.6 is 11.3 Å². The third-order valence-electron chi connectivity index (χ3n) is 1.64. The van der Waals surface area contributed by atoms with Crippen molar-refractivity contribution < 1.29 is 5.11 Å². The number of aliphatic hydroxyl groups is 1. The van der Waals surface area contributed by atoms with Crippen LogP contribution in [0.25, 0.3) is 10.2 Å². The minimum absolute atomic E-state index is 0.124. The standard InChI is InChI=1S/C7H6N2O3S/c10-2-3-1-4-5(11)8-7(12)9-6(4)13-3/h1,10H,2H2,(H2,8,9,11,12). The molecule has 5 nitrogen and oxygen atoms in total. The molecule has 0 saturated heterocycles. The van der Waals surface area contributed by atoms with Gasteiger partial charge in [-0.2, -0.15) is 0 Å². The largest absolute Gasteiger partial charge is 0.391 e. The molecule has 0 aliphatic heterocycles. The number of hydrogen-bond acceptors (Lipinski definition) is 4. The minimum Gasteiger partial charge on any atom is -0.391 e. The van der Waals surface area contributed by atoms with Crippen LogP contribution in [-0.2, 0) is 6.61 Å². The van der Waals surface area contributed by atoms with Crippen LogP contribution in [0.1, 0.15) is 4.88 Å². The first-order valence-electron chi connectivity index (χ1n) is 3.56. The second-order valence-electron chi connectivity index (χ2n) is 2.52. The van der Waals surface area contributed by atoms with Crippen molar-refractivity contribution in [2.24, 2.45) is 0 Å². The quantitative estimate of drug-likeness (QED) is 0.591. The molecule has 0 amide bonds. The average Bonchev–Trinajstić information content (AvgIpc) is 2.47. The fraction of sp³-hybridized carbons (Fsp3) is 0.143. The number of aromatic nitrogens is 2. The first kappa shape index (κ1) is 8.21. The van der Waals surface area contributed by atoms with Gasteiger partial charge in [-0.15, -0.1) is 11.3 Å². The summed E-state index contributed by atoms with van der Waals surface area (Å²) in [5.41, 5.74) is -0.946. The molecule has 0 unspecified atom stereocenters. The molecule has 6 heteroatoms. The van der Waals surface area contributed by atoms with E-state index in [0.717, 1.165) is 0 Å². The molecule has 0 fully saturated rings. The topological polar surface area (TPSA) is 85.9 Å². The summed E-state index contributed by atoms with van der Waals surface area (Å²) >= 11 is 1.20. The summed E-state index contributed by atoms with van der Waals surface area (Å²) in [6.07, 6.45) is 0. The number of H-pyrrole nitrogens is 2. The summed E-state index contributed by atoms with van der Waals surface area (Å²) in [6, 6.07) is 1.56. The van der Waals surface area contributed by atoms with Gasteiger partial charge in [-0.1, -0.05) is 0 Å². The number of hydrogen-bond donors (Lipinski definition) is 3. The summed E-state index contributed by atoms with van der Waals surface area (Å²) in [5.74, 6) is 0. The Kier molecular flexibility index (Phi) is 1.78. The summed E-state index contributed by atoms with van der Waals surface area (Å²) in [5, 5.41) is 9.22. The lowest BCUT2D eigenvalue weighted by Crippen LogP contribution is -2.20. The van der Waals surface area contributed by atoms with Gasteiger partial charge in [0.25, 0.3) is 5.56 Å². The van der Waals surface area contributed by atoms with E-state index in [1.54, 1.807) is 6.07 Å². The van der Waals surface area contributed by atoms with Crippen LogP contribution in [0.2, 0.25) is 0 Å². The van der Waals surface area contributed by atoms with Crippen molar-refractivity contribution in [3.63, 3.8) is 0 Å². The monoisotopic (exact) mass is 198 g/mol. The van der Waals surface area contributed by atoms with E-state index in [1.807, 2.05) is 0 Å². The van der Waals surface area contributed by atoms with Crippen LogP contribution in [0.15, 0.2) is 15.7 Å². The third-order valence-corrected chi connectivity index (χ3v) is 2.67. The number of rotatable bonds is 1. The maximum Gasteiger partial charge on any atom is 0.326 e. The fourth-order valence-corrected chi connectivity index (χ4v) is 2.00. The highest BCUT2D eigenvalue weighted by molar-refractivity contribution is 7.18. The fourth-order valence-electron chi connectivity index (χ4n) is 1.09. The van der Waals surface area contributed by atoms with Crippen molar-refractivity contribution in [3.05, 3.63) is 31.8 Å². The number of aliphatic hydroxyl groups excluding tert-OH is 1. The molecule has 68 valence electrons. The molecule has 0 aliphatic rings. The minimum atomic E-state index is -0.524. The van der Waals surface area contributed by atoms with E-state index in [1.165, 1.54) is 11.3 Å². The van der Waals surface area contributed by atoms with Gasteiger partial charge in [-0.25, -0.2) is 4.79 Å². The first-order valence-corrected chi connectivity index (χ1v) is 4.38. The molecule has 2 rings (SSSR count). The Morgan fingerprint density at radius 1 is 1.38 bits per heavy atom. The Morgan fingerprint density at radius 3 is 2.85 bits per heavy atom. The van der Waals surface area contributed by atoms with Crippen molar-refractivity contribution in [1.82, 2.24) is 9.97 Å². The maximum atomic E-state index is 11.2. The molecule has 0 aliphatic carbocycles. The highest BCUT2D eigenvalue weighted by Gasteiger charge is 2.04. The normalized spacial score (nSPS) is 10.8. The van der Waals surface area contributed by atoms with Gasteiger partial charge in [-0.05, 0) is 6.07 Å². The van der Waals surface area contributed by atoms with E-state index < -0.39 is 11.2 Å². The predicted octanol–water partition coefficient (Wildman–Crippen LogP) is -0.230. The molecule has 3 N–H and O–H groups in total. The second-order valence-corrected chi connectivity index (χ2v) is 3.66. The Labute approximate surface area is 75.7 Å². The SMILES string of the molecule is O=c1[nH]c(=O)c2cc(CO)sc2[nH]1. The van der Waals surface area contributed by atoms with Crippen LogP contribution in [0.5, 0.6) is 0 Å². The Bertz CT molecular complexity index is 551. The van der Waals surface area contributed by atoms with Crippen LogP contribution in [0.3, 0.4) is 0 Å². The predicted molar refractivity (Wildman–Crippen MR) is 49.0 cm³/mol. The Balaban J connectivity index is 2.91. The summed E-state index contributed by atoms with van der Waals surface area (Å²) < 4.78 is 0. The van der Waals surface area contributed by atoms with Crippen LogP contribution in [0.4, 0.5) is 0 Å². The number of aromatic amines is 2. The molecule has 13 heavy (non-hydrogen) atoms. The lowest BCUT2D eigenvalue weighted by Gasteiger charge is -1.84. The van der Waals surface area contributed by atoms with Gasteiger partial charge in [0.15, 0.2) is 0 Å². The number of nitrogens with one attached hydrogen (secondary N) is 2. The number of fused-ring (bicyclic) bond motifs is 1. The summed E-state index contributed by atoms with van der Waals surface area (Å²) in [6.45, 7) is -0.124. The molecule has 0 aromatic carbocycles. The molecule has 0 bridgehead atoms. The maximum absolute atomic E-state index is 11.2. The Morgan fingerprint density at radius 2 is 2.15 bits per heavy atom. The van der Waals surface area contributed by atoms with Gasteiger partial charge < -0.3 is 5.11 Å².